The van der Waals surface area contributed by atoms with Crippen LogP contribution in [0.4, 0.5) is 10.3 Å². The third-order valence-electron chi connectivity index (χ3n) is 1.88. The molecule has 1 aromatic carbocycles. The summed E-state index contributed by atoms with van der Waals surface area (Å²) >= 11 is 0. The summed E-state index contributed by atoms with van der Waals surface area (Å²) in [5, 5.41) is 6.95. The molecule has 0 amide bonds. The van der Waals surface area contributed by atoms with Gasteiger partial charge >= 0.3 is 0 Å². The van der Waals surface area contributed by atoms with E-state index in [9.17, 15) is 4.39 Å². The third-order valence-corrected chi connectivity index (χ3v) is 1.88. The van der Waals surface area contributed by atoms with Crippen LogP contribution >= 0.6 is 0 Å². The van der Waals surface area contributed by atoms with Gasteiger partial charge in [-0.05, 0) is 12.1 Å². The van der Waals surface area contributed by atoms with Gasteiger partial charge in [-0.2, -0.15) is 0 Å². The monoisotopic (exact) mass is 195 g/mol. The van der Waals surface area contributed by atoms with E-state index in [0.717, 1.165) is 0 Å². The highest BCUT2D eigenvalue weighted by Gasteiger charge is 2.11. The fourth-order valence-electron chi connectivity index (χ4n) is 1.26. The Balaban J connectivity index is 2.45. The molecule has 2 rings (SSSR count). The molecule has 0 saturated heterocycles. The minimum atomic E-state index is -0.344. The second kappa shape index (κ2) is 3.63. The van der Waals surface area contributed by atoms with Crippen LogP contribution < -0.4 is 11.1 Å². The Bertz CT molecular complexity index is 441. The number of anilines is 1. The summed E-state index contributed by atoms with van der Waals surface area (Å²) in [4.78, 5) is 0. The number of hydrogen-bond acceptors (Lipinski definition) is 4. The van der Waals surface area contributed by atoms with Gasteiger partial charge in [0.1, 0.15) is 16.7 Å². The molecule has 0 aliphatic carbocycles. The highest BCUT2D eigenvalue weighted by atomic mass is 19.1. The largest absolute Gasteiger partial charge is 0.352 e. The fourth-order valence-corrected chi connectivity index (χ4v) is 1.26. The van der Waals surface area contributed by atoms with Gasteiger partial charge in [-0.3, -0.25) is 0 Å². The second-order valence-electron chi connectivity index (χ2n) is 2.86. The molecule has 0 spiro atoms. The summed E-state index contributed by atoms with van der Waals surface area (Å²) in [6, 6.07) is 4.65. The molecule has 1 aromatic heterocycles. The van der Waals surface area contributed by atoms with Gasteiger partial charge in [0.25, 0.3) is 0 Å². The van der Waals surface area contributed by atoms with E-state index in [1.54, 1.807) is 12.1 Å². The van der Waals surface area contributed by atoms with Gasteiger partial charge in [-0.1, -0.05) is 11.2 Å². The van der Waals surface area contributed by atoms with Crippen molar-refractivity contribution >= 4 is 16.8 Å². The molecule has 0 atom stereocenters. The zero-order valence-electron chi connectivity index (χ0n) is 7.46. The zero-order valence-corrected chi connectivity index (χ0v) is 7.46. The maximum atomic E-state index is 13.3. The van der Waals surface area contributed by atoms with Crippen LogP contribution in [0.1, 0.15) is 0 Å². The van der Waals surface area contributed by atoms with E-state index in [4.69, 9.17) is 10.3 Å². The average molecular weight is 195 g/mol. The molecule has 0 unspecified atom stereocenters. The fraction of sp³-hybridized carbons (Fsp3) is 0.222. The lowest BCUT2D eigenvalue weighted by molar-refractivity contribution is 0.440. The highest BCUT2D eigenvalue weighted by molar-refractivity contribution is 5.88. The number of fused-ring (bicyclic) bond motifs is 1. The quantitative estimate of drug-likeness (QED) is 0.775. The van der Waals surface area contributed by atoms with Gasteiger partial charge in [-0.25, -0.2) is 4.39 Å². The van der Waals surface area contributed by atoms with Gasteiger partial charge in [0, 0.05) is 13.1 Å². The van der Waals surface area contributed by atoms with E-state index in [0.29, 0.717) is 29.9 Å². The standard InChI is InChI=1S/C9H10FN3O/c10-6-2-1-3-7-8(6)9(14-13-7)12-5-4-11/h1-3,12H,4-5,11H2. The molecule has 0 aliphatic heterocycles. The molecule has 0 bridgehead atoms. The van der Waals surface area contributed by atoms with Crippen LogP contribution in [0.15, 0.2) is 22.7 Å². The van der Waals surface area contributed by atoms with E-state index >= 15 is 0 Å². The summed E-state index contributed by atoms with van der Waals surface area (Å²) in [6.07, 6.45) is 0. The topological polar surface area (TPSA) is 64.1 Å². The van der Waals surface area contributed by atoms with Gasteiger partial charge in [-0.15, -0.1) is 0 Å². The summed E-state index contributed by atoms with van der Waals surface area (Å²) in [7, 11) is 0. The lowest BCUT2D eigenvalue weighted by Crippen LogP contribution is -2.12. The summed E-state index contributed by atoms with van der Waals surface area (Å²) in [5.74, 6) is -0.00757. The molecule has 0 fully saturated rings. The number of rotatable bonds is 3. The van der Waals surface area contributed by atoms with Crippen LogP contribution in [0.5, 0.6) is 0 Å². The number of hydrogen-bond donors (Lipinski definition) is 2. The maximum Gasteiger partial charge on any atom is 0.235 e. The predicted octanol–water partition coefficient (Wildman–Crippen LogP) is 1.34. The summed E-state index contributed by atoms with van der Waals surface area (Å²) in [6.45, 7) is 0.981. The highest BCUT2D eigenvalue weighted by Crippen LogP contribution is 2.25. The van der Waals surface area contributed by atoms with E-state index in [-0.39, 0.29) is 5.82 Å². The summed E-state index contributed by atoms with van der Waals surface area (Å²) in [5.41, 5.74) is 5.81. The Morgan fingerprint density at radius 3 is 3.14 bits per heavy atom. The maximum absolute atomic E-state index is 13.3. The minimum Gasteiger partial charge on any atom is -0.352 e. The summed E-state index contributed by atoms with van der Waals surface area (Å²) < 4.78 is 18.3. The van der Waals surface area contributed by atoms with E-state index in [1.165, 1.54) is 6.07 Å². The number of nitrogens with two attached hydrogens (primary N) is 1. The van der Waals surface area contributed by atoms with E-state index < -0.39 is 0 Å². The van der Waals surface area contributed by atoms with Crippen molar-refractivity contribution in [3.63, 3.8) is 0 Å². The Hall–Kier alpha value is -1.62. The Morgan fingerprint density at radius 1 is 1.50 bits per heavy atom. The van der Waals surface area contributed by atoms with Crippen LogP contribution in [0.25, 0.3) is 10.9 Å². The van der Waals surface area contributed by atoms with Crippen molar-refractivity contribution in [1.82, 2.24) is 5.16 Å². The molecular formula is C9H10FN3O. The SMILES string of the molecule is NCCNc1onc2cccc(F)c12. The molecule has 0 radical (unpaired) electrons. The van der Waals surface area contributed by atoms with Crippen molar-refractivity contribution in [2.75, 3.05) is 18.4 Å². The smallest absolute Gasteiger partial charge is 0.235 e. The zero-order chi connectivity index (χ0) is 9.97. The normalized spacial score (nSPS) is 10.7. The molecule has 2 aromatic rings. The van der Waals surface area contributed by atoms with Gasteiger partial charge in [0.2, 0.25) is 5.88 Å². The van der Waals surface area contributed by atoms with Gasteiger partial charge < -0.3 is 15.6 Å². The number of halogens is 1. The predicted molar refractivity (Wildman–Crippen MR) is 51.5 cm³/mol. The van der Waals surface area contributed by atoms with E-state index in [1.807, 2.05) is 0 Å². The van der Waals surface area contributed by atoms with Crippen molar-refractivity contribution in [3.05, 3.63) is 24.0 Å². The number of nitrogens with one attached hydrogen (secondary N) is 1. The van der Waals surface area contributed by atoms with Gasteiger partial charge in [0.15, 0.2) is 0 Å². The van der Waals surface area contributed by atoms with Crippen LogP contribution in [-0.4, -0.2) is 18.2 Å². The Kier molecular flexibility index (Phi) is 2.32. The van der Waals surface area contributed by atoms with Crippen molar-refractivity contribution in [1.29, 1.82) is 0 Å². The molecule has 74 valence electrons. The first-order chi connectivity index (χ1) is 6.83. The first-order valence-corrected chi connectivity index (χ1v) is 4.31. The second-order valence-corrected chi connectivity index (χ2v) is 2.86. The van der Waals surface area contributed by atoms with Crippen LogP contribution in [0, 0.1) is 5.82 Å². The van der Waals surface area contributed by atoms with Crippen LogP contribution in [-0.2, 0) is 0 Å². The van der Waals surface area contributed by atoms with Crippen molar-refractivity contribution in [3.8, 4) is 0 Å². The molecule has 4 nitrogen and oxygen atoms in total. The minimum absolute atomic E-state index is 0.337. The molecule has 14 heavy (non-hydrogen) atoms. The number of benzene rings is 1. The molecule has 3 N–H and O–H groups in total. The lowest BCUT2D eigenvalue weighted by atomic mass is 10.2. The lowest BCUT2D eigenvalue weighted by Gasteiger charge is -1.98. The average Bonchev–Trinajstić information content (AvgIpc) is 2.59. The molecule has 1 heterocycles. The number of aromatic nitrogens is 1. The van der Waals surface area contributed by atoms with Crippen LogP contribution in [0.2, 0.25) is 0 Å². The van der Waals surface area contributed by atoms with Crippen molar-refractivity contribution < 1.29 is 8.91 Å². The Labute approximate surface area is 79.9 Å². The molecule has 0 aliphatic rings. The van der Waals surface area contributed by atoms with Crippen molar-refractivity contribution in [2.24, 2.45) is 5.73 Å². The molecule has 5 heteroatoms. The number of nitrogens with zero attached hydrogens (tertiary/aromatic N) is 1. The van der Waals surface area contributed by atoms with Crippen LogP contribution in [0.3, 0.4) is 0 Å². The first kappa shape index (κ1) is 8.96. The third kappa shape index (κ3) is 1.42. The first-order valence-electron chi connectivity index (χ1n) is 4.31. The van der Waals surface area contributed by atoms with E-state index in [2.05, 4.69) is 10.5 Å². The van der Waals surface area contributed by atoms with Gasteiger partial charge in [0.05, 0.1) is 0 Å². The van der Waals surface area contributed by atoms with Crippen molar-refractivity contribution in [2.45, 2.75) is 0 Å². The molecule has 0 saturated carbocycles. The Morgan fingerprint density at radius 2 is 2.36 bits per heavy atom. The molecular weight excluding hydrogens is 185 g/mol.